The Labute approximate surface area is 177 Å². The number of hydrogen-bond donors (Lipinski definition) is 0. The minimum atomic E-state index is -0.244. The van der Waals surface area contributed by atoms with Crippen LogP contribution in [0, 0.1) is 12.8 Å². The topological polar surface area (TPSA) is 34.1 Å². The maximum absolute atomic E-state index is 6.22. The number of rotatable bonds is 3. The fraction of sp³-hybridized carbons (Fsp3) is 0.542. The van der Waals surface area contributed by atoms with Crippen LogP contribution in [0.5, 0.6) is 11.5 Å². The third-order valence-electron chi connectivity index (χ3n) is 6.61. The van der Waals surface area contributed by atoms with Crippen molar-refractivity contribution < 1.29 is 9.47 Å². The SMILES string of the molecule is Cc1c2c(c(-c3cccs3)c3c1C(C1CCCCC1)=NC(N(C)C)C3)OC(C)O2. The molecule has 1 aromatic carbocycles. The Bertz CT molecular complexity index is 943. The Morgan fingerprint density at radius 2 is 1.83 bits per heavy atom. The van der Waals surface area contributed by atoms with Gasteiger partial charge in [-0.2, -0.15) is 0 Å². The van der Waals surface area contributed by atoms with Crippen molar-refractivity contribution in [2.45, 2.75) is 64.8 Å². The van der Waals surface area contributed by atoms with Crippen molar-refractivity contribution in [1.82, 2.24) is 4.90 Å². The van der Waals surface area contributed by atoms with Gasteiger partial charge >= 0.3 is 0 Å². The molecule has 0 N–H and O–H groups in total. The zero-order chi connectivity index (χ0) is 20.1. The molecule has 5 heteroatoms. The van der Waals surface area contributed by atoms with E-state index in [-0.39, 0.29) is 12.5 Å². The van der Waals surface area contributed by atoms with Crippen molar-refractivity contribution >= 4 is 17.0 Å². The van der Waals surface area contributed by atoms with Crippen molar-refractivity contribution in [2.75, 3.05) is 14.1 Å². The third kappa shape index (κ3) is 3.19. The fourth-order valence-electron chi connectivity index (χ4n) is 5.17. The molecule has 154 valence electrons. The summed E-state index contributed by atoms with van der Waals surface area (Å²) in [6, 6.07) is 4.33. The summed E-state index contributed by atoms with van der Waals surface area (Å²) in [4.78, 5) is 8.84. The van der Waals surface area contributed by atoms with E-state index in [0.717, 1.165) is 17.9 Å². The molecule has 0 bridgehead atoms. The summed E-state index contributed by atoms with van der Waals surface area (Å²) in [5.41, 5.74) is 6.49. The highest BCUT2D eigenvalue weighted by Gasteiger charge is 2.38. The lowest BCUT2D eigenvalue weighted by Crippen LogP contribution is -2.36. The molecule has 0 radical (unpaired) electrons. The van der Waals surface area contributed by atoms with Gasteiger partial charge in [-0.05, 0) is 50.9 Å². The highest BCUT2D eigenvalue weighted by atomic mass is 32.1. The zero-order valence-electron chi connectivity index (χ0n) is 17.8. The summed E-state index contributed by atoms with van der Waals surface area (Å²) in [6.45, 7) is 4.18. The van der Waals surface area contributed by atoms with Gasteiger partial charge in [0.05, 0.1) is 0 Å². The lowest BCUT2D eigenvalue weighted by Gasteiger charge is -2.35. The van der Waals surface area contributed by atoms with E-state index in [9.17, 15) is 0 Å². The molecule has 2 aliphatic heterocycles. The Morgan fingerprint density at radius 3 is 2.52 bits per heavy atom. The highest BCUT2D eigenvalue weighted by Crippen LogP contribution is 2.52. The largest absolute Gasteiger partial charge is 0.451 e. The minimum absolute atomic E-state index is 0.176. The molecule has 1 saturated carbocycles. The molecule has 1 aromatic heterocycles. The van der Waals surface area contributed by atoms with E-state index in [2.05, 4.69) is 43.4 Å². The summed E-state index contributed by atoms with van der Waals surface area (Å²) in [5.74, 6) is 2.41. The number of hydrogen-bond acceptors (Lipinski definition) is 5. The third-order valence-corrected chi connectivity index (χ3v) is 7.49. The van der Waals surface area contributed by atoms with Crippen molar-refractivity contribution in [3.05, 3.63) is 34.2 Å². The van der Waals surface area contributed by atoms with Gasteiger partial charge in [-0.3, -0.25) is 9.89 Å². The van der Waals surface area contributed by atoms with E-state index in [1.54, 1.807) is 11.3 Å². The first-order valence-electron chi connectivity index (χ1n) is 10.9. The van der Waals surface area contributed by atoms with Crippen LogP contribution in [0.2, 0.25) is 0 Å². The highest BCUT2D eigenvalue weighted by molar-refractivity contribution is 7.13. The quantitative estimate of drug-likeness (QED) is 0.655. The molecule has 1 aliphatic carbocycles. The average Bonchev–Trinajstić information content (AvgIpc) is 3.38. The van der Waals surface area contributed by atoms with Crippen LogP contribution in [0.4, 0.5) is 0 Å². The number of likely N-dealkylation sites (N-methyl/N-ethyl adjacent to an activating group) is 1. The molecule has 5 rings (SSSR count). The molecule has 3 aliphatic rings. The van der Waals surface area contributed by atoms with E-state index in [0.29, 0.717) is 5.92 Å². The van der Waals surface area contributed by atoms with Gasteiger partial charge in [-0.1, -0.05) is 25.3 Å². The Hall–Kier alpha value is -1.85. The molecule has 0 spiro atoms. The first kappa shape index (κ1) is 19.1. The smallest absolute Gasteiger partial charge is 0.238 e. The molecular weight excluding hydrogens is 380 g/mol. The molecule has 0 amide bonds. The van der Waals surface area contributed by atoms with E-state index in [1.807, 2.05) is 6.92 Å². The lowest BCUT2D eigenvalue weighted by atomic mass is 9.77. The molecule has 3 heterocycles. The van der Waals surface area contributed by atoms with Gasteiger partial charge in [-0.25, -0.2) is 0 Å². The standard InChI is InChI=1S/C24H30N2O2S/c1-14-20-17(13-19(26(3)4)25-22(20)16-9-6-5-7-10-16)21(18-11-8-12-29-18)24-23(14)27-15(2)28-24/h8,11-12,15-16,19H,5-7,9-10,13H2,1-4H3. The summed E-state index contributed by atoms with van der Waals surface area (Å²) in [5, 5.41) is 2.15. The van der Waals surface area contributed by atoms with E-state index >= 15 is 0 Å². The Morgan fingerprint density at radius 1 is 1.07 bits per heavy atom. The number of ether oxygens (including phenoxy) is 2. The molecule has 4 nitrogen and oxygen atoms in total. The van der Waals surface area contributed by atoms with Gasteiger partial charge < -0.3 is 9.47 Å². The average molecular weight is 411 g/mol. The van der Waals surface area contributed by atoms with Crippen molar-refractivity contribution in [3.8, 4) is 21.9 Å². The van der Waals surface area contributed by atoms with Crippen LogP contribution >= 0.6 is 11.3 Å². The molecule has 2 atom stereocenters. The Kier molecular flexibility index (Phi) is 4.91. The summed E-state index contributed by atoms with van der Waals surface area (Å²) in [7, 11) is 4.29. The molecular formula is C24H30N2O2S. The van der Waals surface area contributed by atoms with Crippen LogP contribution in [0.1, 0.15) is 55.7 Å². The van der Waals surface area contributed by atoms with Gasteiger partial charge in [0.15, 0.2) is 11.5 Å². The predicted octanol–water partition coefficient (Wildman–Crippen LogP) is 5.65. The normalized spacial score (nSPS) is 24.0. The summed E-state index contributed by atoms with van der Waals surface area (Å²) < 4.78 is 12.4. The number of benzene rings is 1. The number of fused-ring (bicyclic) bond motifs is 2. The fourth-order valence-corrected chi connectivity index (χ4v) is 5.96. The lowest BCUT2D eigenvalue weighted by molar-refractivity contribution is 0.0678. The summed E-state index contributed by atoms with van der Waals surface area (Å²) >= 11 is 1.78. The van der Waals surface area contributed by atoms with Gasteiger partial charge in [0.2, 0.25) is 6.29 Å². The van der Waals surface area contributed by atoms with Crippen LogP contribution in [0.25, 0.3) is 10.4 Å². The maximum atomic E-state index is 6.22. The maximum Gasteiger partial charge on any atom is 0.238 e. The molecule has 1 fully saturated rings. The number of nitrogens with zero attached hydrogens (tertiary/aromatic N) is 2. The Balaban J connectivity index is 1.76. The van der Waals surface area contributed by atoms with Gasteiger partial charge in [0.25, 0.3) is 0 Å². The monoisotopic (exact) mass is 410 g/mol. The zero-order valence-corrected chi connectivity index (χ0v) is 18.6. The van der Waals surface area contributed by atoms with Crippen LogP contribution < -0.4 is 9.47 Å². The number of thiophene rings is 1. The van der Waals surface area contributed by atoms with Gasteiger partial charge in [0.1, 0.15) is 6.17 Å². The van der Waals surface area contributed by atoms with E-state index in [1.165, 1.54) is 64.9 Å². The van der Waals surface area contributed by atoms with Crippen molar-refractivity contribution in [3.63, 3.8) is 0 Å². The second-order valence-electron chi connectivity index (χ2n) is 8.79. The molecule has 29 heavy (non-hydrogen) atoms. The predicted molar refractivity (Wildman–Crippen MR) is 120 cm³/mol. The van der Waals surface area contributed by atoms with Crippen LogP contribution in [0.15, 0.2) is 22.5 Å². The second-order valence-corrected chi connectivity index (χ2v) is 9.74. The van der Waals surface area contributed by atoms with Crippen LogP contribution in [0.3, 0.4) is 0 Å². The molecule has 0 saturated heterocycles. The van der Waals surface area contributed by atoms with Gasteiger partial charge in [0, 0.05) is 46.5 Å². The second kappa shape index (κ2) is 7.44. The van der Waals surface area contributed by atoms with E-state index < -0.39 is 0 Å². The van der Waals surface area contributed by atoms with Crippen LogP contribution in [-0.2, 0) is 6.42 Å². The van der Waals surface area contributed by atoms with Crippen molar-refractivity contribution in [1.29, 1.82) is 0 Å². The van der Waals surface area contributed by atoms with Gasteiger partial charge in [-0.15, -0.1) is 11.3 Å². The number of aliphatic imine (C=N–C) groups is 1. The summed E-state index contributed by atoms with van der Waals surface area (Å²) in [6.07, 6.45) is 7.31. The van der Waals surface area contributed by atoms with Crippen LogP contribution in [-0.4, -0.2) is 37.2 Å². The molecule has 2 aromatic rings. The van der Waals surface area contributed by atoms with E-state index in [4.69, 9.17) is 14.5 Å². The first-order valence-corrected chi connectivity index (χ1v) is 11.7. The molecule has 2 unspecified atom stereocenters. The van der Waals surface area contributed by atoms with Crippen molar-refractivity contribution in [2.24, 2.45) is 10.9 Å². The minimum Gasteiger partial charge on any atom is -0.451 e. The first-order chi connectivity index (χ1) is 14.0.